The summed E-state index contributed by atoms with van der Waals surface area (Å²) in [4.78, 5) is 11.0. The van der Waals surface area contributed by atoms with Crippen LogP contribution in [0.3, 0.4) is 0 Å². The molecule has 0 bridgehead atoms. The van der Waals surface area contributed by atoms with Crippen molar-refractivity contribution >= 4 is 5.97 Å². The van der Waals surface area contributed by atoms with Gasteiger partial charge in [-0.25, -0.2) is 4.79 Å². The summed E-state index contributed by atoms with van der Waals surface area (Å²) in [5, 5.41) is 0. The Balaban J connectivity index is 2.49. The van der Waals surface area contributed by atoms with Gasteiger partial charge in [0.25, 0.3) is 0 Å². The molecule has 80 valence electrons. The number of ether oxygens (including phenoxy) is 1. The zero-order chi connectivity index (χ0) is 10.4. The molecule has 1 fully saturated rings. The summed E-state index contributed by atoms with van der Waals surface area (Å²) in [6.07, 6.45) is 8.87. The van der Waals surface area contributed by atoms with E-state index in [1.54, 1.807) is 6.08 Å². The van der Waals surface area contributed by atoms with Gasteiger partial charge in [-0.15, -0.1) is 0 Å². The van der Waals surface area contributed by atoms with Gasteiger partial charge in [0.2, 0.25) is 0 Å². The largest absolute Gasteiger partial charge is 0.466 e. The van der Waals surface area contributed by atoms with E-state index >= 15 is 0 Å². The minimum absolute atomic E-state index is 0.199. The summed E-state index contributed by atoms with van der Waals surface area (Å²) in [5.41, 5.74) is 1.27. The first kappa shape index (κ1) is 11.3. The van der Waals surface area contributed by atoms with E-state index in [9.17, 15) is 4.79 Å². The van der Waals surface area contributed by atoms with Crippen molar-refractivity contribution in [3.8, 4) is 0 Å². The molecule has 0 aromatic rings. The summed E-state index contributed by atoms with van der Waals surface area (Å²) >= 11 is 0. The summed E-state index contributed by atoms with van der Waals surface area (Å²) in [6.45, 7) is 2.25. The van der Waals surface area contributed by atoms with Crippen molar-refractivity contribution < 1.29 is 9.53 Å². The lowest BCUT2D eigenvalue weighted by Gasteiger charge is -2.08. The van der Waals surface area contributed by atoms with Gasteiger partial charge >= 0.3 is 5.97 Å². The van der Waals surface area contributed by atoms with Crippen LogP contribution in [0.1, 0.15) is 45.4 Å². The average molecular weight is 196 g/mol. The van der Waals surface area contributed by atoms with Gasteiger partial charge in [-0.1, -0.05) is 25.3 Å². The third-order valence-corrected chi connectivity index (χ3v) is 3.08. The van der Waals surface area contributed by atoms with Crippen LogP contribution < -0.4 is 0 Å². The molecule has 1 saturated carbocycles. The van der Waals surface area contributed by atoms with Crippen molar-refractivity contribution in [2.45, 2.75) is 45.4 Å². The van der Waals surface area contributed by atoms with Crippen LogP contribution in [0.5, 0.6) is 0 Å². The predicted molar refractivity (Wildman–Crippen MR) is 57.0 cm³/mol. The summed E-state index contributed by atoms with van der Waals surface area (Å²) < 4.78 is 4.63. The van der Waals surface area contributed by atoms with Crippen LogP contribution >= 0.6 is 0 Å². The molecule has 1 aliphatic carbocycles. The molecule has 0 amide bonds. The van der Waals surface area contributed by atoms with E-state index in [0.29, 0.717) is 0 Å². The number of methoxy groups -OCH3 is 1. The van der Waals surface area contributed by atoms with Crippen LogP contribution in [0.2, 0.25) is 0 Å². The first-order valence-electron chi connectivity index (χ1n) is 5.53. The SMILES string of the molecule is CCC1CCCC(=CC(=O)OC)CC1. The van der Waals surface area contributed by atoms with E-state index in [0.717, 1.165) is 18.8 Å². The average Bonchev–Trinajstić information content (AvgIpc) is 2.43. The maximum absolute atomic E-state index is 11.0. The topological polar surface area (TPSA) is 26.3 Å². The minimum atomic E-state index is -0.199. The molecule has 1 aliphatic rings. The number of allylic oxidation sites excluding steroid dienone is 1. The van der Waals surface area contributed by atoms with E-state index in [1.807, 2.05) is 0 Å². The van der Waals surface area contributed by atoms with Crippen molar-refractivity contribution in [1.82, 2.24) is 0 Å². The van der Waals surface area contributed by atoms with Crippen molar-refractivity contribution in [1.29, 1.82) is 0 Å². The molecule has 0 aromatic carbocycles. The Bertz CT molecular complexity index is 218. The van der Waals surface area contributed by atoms with Crippen LogP contribution in [0.4, 0.5) is 0 Å². The predicted octanol–water partition coefficient (Wildman–Crippen LogP) is 3.08. The van der Waals surface area contributed by atoms with Crippen molar-refractivity contribution in [2.75, 3.05) is 7.11 Å². The Hall–Kier alpha value is -0.790. The highest BCUT2D eigenvalue weighted by atomic mass is 16.5. The Morgan fingerprint density at radius 3 is 2.93 bits per heavy atom. The Morgan fingerprint density at radius 1 is 1.50 bits per heavy atom. The highest BCUT2D eigenvalue weighted by molar-refractivity contribution is 5.82. The quantitative estimate of drug-likeness (QED) is 0.385. The van der Waals surface area contributed by atoms with E-state index in [-0.39, 0.29) is 5.97 Å². The number of esters is 1. The van der Waals surface area contributed by atoms with Gasteiger partial charge in [-0.05, 0) is 31.6 Å². The normalized spacial score (nSPS) is 25.9. The van der Waals surface area contributed by atoms with Gasteiger partial charge in [0.05, 0.1) is 7.11 Å². The van der Waals surface area contributed by atoms with Gasteiger partial charge in [-0.3, -0.25) is 0 Å². The van der Waals surface area contributed by atoms with Gasteiger partial charge < -0.3 is 4.74 Å². The highest BCUT2D eigenvalue weighted by Gasteiger charge is 2.13. The van der Waals surface area contributed by atoms with Crippen LogP contribution in [0.15, 0.2) is 11.6 Å². The van der Waals surface area contributed by atoms with E-state index in [4.69, 9.17) is 0 Å². The lowest BCUT2D eigenvalue weighted by molar-refractivity contribution is -0.134. The number of rotatable bonds is 2. The first-order valence-corrected chi connectivity index (χ1v) is 5.53. The van der Waals surface area contributed by atoms with Crippen LogP contribution in [-0.4, -0.2) is 13.1 Å². The van der Waals surface area contributed by atoms with Crippen LogP contribution in [0.25, 0.3) is 0 Å². The fourth-order valence-corrected chi connectivity index (χ4v) is 2.05. The molecule has 0 N–H and O–H groups in total. The molecule has 0 heterocycles. The molecule has 0 aliphatic heterocycles. The van der Waals surface area contributed by atoms with Gasteiger partial charge in [-0.2, -0.15) is 0 Å². The lowest BCUT2D eigenvalue weighted by Crippen LogP contribution is -1.97. The zero-order valence-corrected chi connectivity index (χ0v) is 9.21. The second kappa shape index (κ2) is 5.84. The van der Waals surface area contributed by atoms with Gasteiger partial charge in [0, 0.05) is 6.08 Å². The Kier molecular flexibility index (Phi) is 4.71. The fourth-order valence-electron chi connectivity index (χ4n) is 2.05. The second-order valence-corrected chi connectivity index (χ2v) is 4.03. The third-order valence-electron chi connectivity index (χ3n) is 3.08. The lowest BCUT2D eigenvalue weighted by atomic mass is 9.98. The molecular weight excluding hydrogens is 176 g/mol. The van der Waals surface area contributed by atoms with E-state index in [1.165, 1.54) is 38.4 Å². The number of hydrogen-bond acceptors (Lipinski definition) is 2. The summed E-state index contributed by atoms with van der Waals surface area (Å²) in [5.74, 6) is 0.661. The monoisotopic (exact) mass is 196 g/mol. The number of carbonyl (C=O) groups excluding carboxylic acids is 1. The molecule has 2 nitrogen and oxygen atoms in total. The minimum Gasteiger partial charge on any atom is -0.466 e. The van der Waals surface area contributed by atoms with Crippen LogP contribution in [-0.2, 0) is 9.53 Å². The standard InChI is InChI=1S/C12H20O2/c1-3-10-5-4-6-11(8-7-10)9-12(13)14-2/h9-10H,3-8H2,1-2H3. The first-order chi connectivity index (χ1) is 6.76. The number of carbonyl (C=O) groups is 1. The Labute approximate surface area is 86.3 Å². The molecule has 14 heavy (non-hydrogen) atoms. The maximum atomic E-state index is 11.0. The molecule has 1 rings (SSSR count). The molecule has 2 heteroatoms. The van der Waals surface area contributed by atoms with E-state index in [2.05, 4.69) is 11.7 Å². The smallest absolute Gasteiger partial charge is 0.330 e. The molecule has 0 radical (unpaired) electrons. The van der Waals surface area contributed by atoms with Crippen LogP contribution in [0, 0.1) is 5.92 Å². The number of hydrogen-bond donors (Lipinski definition) is 0. The van der Waals surface area contributed by atoms with Gasteiger partial charge in [0.15, 0.2) is 0 Å². The van der Waals surface area contributed by atoms with Gasteiger partial charge in [0.1, 0.15) is 0 Å². The third kappa shape index (κ3) is 3.52. The fraction of sp³-hybridized carbons (Fsp3) is 0.750. The maximum Gasteiger partial charge on any atom is 0.330 e. The van der Waals surface area contributed by atoms with Crippen molar-refractivity contribution in [2.24, 2.45) is 5.92 Å². The van der Waals surface area contributed by atoms with E-state index < -0.39 is 0 Å². The van der Waals surface area contributed by atoms with Crippen molar-refractivity contribution in [3.63, 3.8) is 0 Å². The zero-order valence-electron chi connectivity index (χ0n) is 9.21. The molecule has 1 atom stereocenters. The second-order valence-electron chi connectivity index (χ2n) is 4.03. The Morgan fingerprint density at radius 2 is 2.29 bits per heavy atom. The molecular formula is C12H20O2. The molecule has 0 saturated heterocycles. The summed E-state index contributed by atoms with van der Waals surface area (Å²) in [7, 11) is 1.44. The molecule has 0 spiro atoms. The highest BCUT2D eigenvalue weighted by Crippen LogP contribution is 2.28. The molecule has 1 unspecified atom stereocenters. The summed E-state index contributed by atoms with van der Waals surface area (Å²) in [6, 6.07) is 0. The van der Waals surface area contributed by atoms with Crippen molar-refractivity contribution in [3.05, 3.63) is 11.6 Å². The molecule has 0 aromatic heterocycles.